The third kappa shape index (κ3) is 5.06. The third-order valence-corrected chi connectivity index (χ3v) is 6.76. The van der Waals surface area contributed by atoms with Gasteiger partial charge in [0.15, 0.2) is 6.61 Å². The maximum atomic E-state index is 12.8. The highest BCUT2D eigenvalue weighted by Crippen LogP contribution is 2.35. The van der Waals surface area contributed by atoms with Crippen LogP contribution in [-0.4, -0.2) is 70.5 Å². The van der Waals surface area contributed by atoms with Crippen LogP contribution in [0.2, 0.25) is 0 Å². The lowest BCUT2D eigenvalue weighted by Gasteiger charge is -2.29. The zero-order valence-corrected chi connectivity index (χ0v) is 17.4. The summed E-state index contributed by atoms with van der Waals surface area (Å²) in [4.78, 5) is 26.0. The maximum Gasteiger partial charge on any atom is 0.265 e. The van der Waals surface area contributed by atoms with Crippen LogP contribution in [0.15, 0.2) is 23.1 Å². The normalized spacial score (nSPS) is 17.1. The lowest BCUT2D eigenvalue weighted by molar-refractivity contribution is -0.125. The highest BCUT2D eigenvalue weighted by atomic mass is 32.2. The molecule has 3 rings (SSSR count). The minimum absolute atomic E-state index is 0.0959. The van der Waals surface area contributed by atoms with Crippen LogP contribution in [0.25, 0.3) is 0 Å². The number of sulfonamides is 1. The zero-order valence-electron chi connectivity index (χ0n) is 16.6. The summed E-state index contributed by atoms with van der Waals surface area (Å²) in [5, 5.41) is 2.75. The molecular weight excluding hydrogens is 398 g/mol. The molecule has 0 bridgehead atoms. The van der Waals surface area contributed by atoms with Crippen molar-refractivity contribution < 1.29 is 27.5 Å². The van der Waals surface area contributed by atoms with Gasteiger partial charge < -0.3 is 14.8 Å². The van der Waals surface area contributed by atoms with Crippen LogP contribution in [0.5, 0.6) is 5.75 Å². The zero-order chi connectivity index (χ0) is 20.9. The van der Waals surface area contributed by atoms with Gasteiger partial charge in [-0.3, -0.25) is 14.5 Å². The average Bonchev–Trinajstić information content (AvgIpc) is 3.25. The number of hydrogen-bond donors (Lipinski definition) is 1. The van der Waals surface area contributed by atoms with E-state index in [2.05, 4.69) is 5.32 Å². The van der Waals surface area contributed by atoms with E-state index < -0.39 is 15.9 Å². The van der Waals surface area contributed by atoms with E-state index in [0.717, 1.165) is 12.8 Å². The molecule has 2 heterocycles. The van der Waals surface area contributed by atoms with Crippen molar-refractivity contribution in [2.24, 2.45) is 0 Å². The van der Waals surface area contributed by atoms with Crippen molar-refractivity contribution >= 4 is 27.5 Å². The number of fused-ring (bicyclic) bond motifs is 1. The molecule has 0 spiro atoms. The van der Waals surface area contributed by atoms with E-state index in [0.29, 0.717) is 50.7 Å². The largest absolute Gasteiger partial charge is 0.482 e. The first kappa shape index (κ1) is 21.5. The number of amides is 2. The summed E-state index contributed by atoms with van der Waals surface area (Å²) in [5.41, 5.74) is 0.297. The SMILES string of the molecule is CCOCCCNC(=O)CN1C(=O)COc2ccc(S(=O)(=O)N3CCCC3)cc21. The summed E-state index contributed by atoms with van der Waals surface area (Å²) >= 11 is 0. The number of nitrogens with zero attached hydrogens (tertiary/aromatic N) is 2. The van der Waals surface area contributed by atoms with Crippen LogP contribution in [0.3, 0.4) is 0 Å². The van der Waals surface area contributed by atoms with Crippen molar-refractivity contribution in [1.29, 1.82) is 0 Å². The van der Waals surface area contributed by atoms with Crippen molar-refractivity contribution in [3.63, 3.8) is 0 Å². The van der Waals surface area contributed by atoms with Gasteiger partial charge in [0.1, 0.15) is 12.3 Å². The summed E-state index contributed by atoms with van der Waals surface area (Å²) in [5.74, 6) is -0.331. The van der Waals surface area contributed by atoms with Gasteiger partial charge in [0.2, 0.25) is 15.9 Å². The highest BCUT2D eigenvalue weighted by molar-refractivity contribution is 7.89. The Labute approximate surface area is 171 Å². The predicted octanol–water partition coefficient (Wildman–Crippen LogP) is 0.739. The van der Waals surface area contributed by atoms with E-state index >= 15 is 0 Å². The molecule has 9 nitrogen and oxygen atoms in total. The molecule has 1 aromatic rings. The Balaban J connectivity index is 1.74. The minimum Gasteiger partial charge on any atom is -0.482 e. The number of rotatable bonds is 9. The van der Waals surface area contributed by atoms with Crippen molar-refractivity contribution in [3.05, 3.63) is 18.2 Å². The molecule has 0 unspecified atom stereocenters. The first-order chi connectivity index (χ1) is 13.9. The summed E-state index contributed by atoms with van der Waals surface area (Å²) < 4.78 is 37.8. The molecule has 2 aliphatic rings. The van der Waals surface area contributed by atoms with Crippen LogP contribution < -0.4 is 15.0 Å². The first-order valence-corrected chi connectivity index (χ1v) is 11.3. The minimum atomic E-state index is -3.64. The van der Waals surface area contributed by atoms with Crippen LogP contribution in [0.4, 0.5) is 5.69 Å². The fourth-order valence-corrected chi connectivity index (χ4v) is 4.88. The van der Waals surface area contributed by atoms with E-state index in [1.54, 1.807) is 0 Å². The van der Waals surface area contributed by atoms with Crippen LogP contribution in [0.1, 0.15) is 26.2 Å². The molecule has 160 valence electrons. The van der Waals surface area contributed by atoms with Gasteiger partial charge in [-0.1, -0.05) is 0 Å². The van der Waals surface area contributed by atoms with Gasteiger partial charge in [-0.05, 0) is 44.4 Å². The van der Waals surface area contributed by atoms with Gasteiger partial charge >= 0.3 is 0 Å². The number of carbonyl (C=O) groups is 2. The molecule has 1 aromatic carbocycles. The standard InChI is InChI=1S/C19H27N3O6S/c1-2-27-11-5-8-20-18(23)13-22-16-12-15(6-7-17(16)28-14-19(22)24)29(25,26)21-9-3-4-10-21/h6-7,12H,2-5,8-11,13-14H2,1H3,(H,20,23). The van der Waals surface area contributed by atoms with E-state index in [-0.39, 0.29) is 24.0 Å². The molecule has 2 amide bonds. The summed E-state index contributed by atoms with van der Waals surface area (Å²) in [7, 11) is -3.64. The van der Waals surface area contributed by atoms with E-state index in [9.17, 15) is 18.0 Å². The van der Waals surface area contributed by atoms with Gasteiger partial charge in [0, 0.05) is 32.8 Å². The summed E-state index contributed by atoms with van der Waals surface area (Å²) in [6.45, 7) is 4.10. The van der Waals surface area contributed by atoms with Gasteiger partial charge in [0.25, 0.3) is 5.91 Å². The lowest BCUT2D eigenvalue weighted by atomic mass is 10.2. The molecule has 0 aliphatic carbocycles. The molecule has 10 heteroatoms. The summed E-state index contributed by atoms with van der Waals surface area (Å²) in [6, 6.07) is 4.44. The smallest absolute Gasteiger partial charge is 0.265 e. The van der Waals surface area contributed by atoms with Crippen molar-refractivity contribution in [1.82, 2.24) is 9.62 Å². The van der Waals surface area contributed by atoms with E-state index in [1.807, 2.05) is 6.92 Å². The lowest BCUT2D eigenvalue weighted by Crippen LogP contribution is -2.45. The van der Waals surface area contributed by atoms with Gasteiger partial charge in [-0.15, -0.1) is 0 Å². The van der Waals surface area contributed by atoms with Crippen molar-refractivity contribution in [2.45, 2.75) is 31.1 Å². The number of nitrogens with one attached hydrogen (secondary N) is 1. The second kappa shape index (κ2) is 9.55. The molecule has 0 radical (unpaired) electrons. The number of benzene rings is 1. The van der Waals surface area contributed by atoms with Crippen LogP contribution in [-0.2, 0) is 24.3 Å². The Morgan fingerprint density at radius 3 is 2.76 bits per heavy atom. The molecule has 0 atom stereocenters. The molecule has 2 aliphatic heterocycles. The van der Waals surface area contributed by atoms with Crippen molar-refractivity contribution in [2.75, 3.05) is 50.9 Å². The van der Waals surface area contributed by atoms with Gasteiger partial charge in [0.05, 0.1) is 10.6 Å². The Bertz CT molecular complexity index is 852. The Morgan fingerprint density at radius 1 is 1.28 bits per heavy atom. The predicted molar refractivity (Wildman–Crippen MR) is 106 cm³/mol. The van der Waals surface area contributed by atoms with Gasteiger partial charge in [-0.2, -0.15) is 4.31 Å². The fraction of sp³-hybridized carbons (Fsp3) is 0.579. The van der Waals surface area contributed by atoms with Gasteiger partial charge in [-0.25, -0.2) is 8.42 Å². The van der Waals surface area contributed by atoms with Crippen LogP contribution >= 0.6 is 0 Å². The van der Waals surface area contributed by atoms with Crippen LogP contribution in [0, 0.1) is 0 Å². The first-order valence-electron chi connectivity index (χ1n) is 9.85. The Morgan fingerprint density at radius 2 is 2.03 bits per heavy atom. The molecule has 0 saturated carbocycles. The topological polar surface area (TPSA) is 105 Å². The number of ether oxygens (including phenoxy) is 2. The molecule has 1 fully saturated rings. The number of carbonyl (C=O) groups excluding carboxylic acids is 2. The number of hydrogen-bond acceptors (Lipinski definition) is 6. The fourth-order valence-electron chi connectivity index (χ4n) is 3.34. The van der Waals surface area contributed by atoms with E-state index in [4.69, 9.17) is 9.47 Å². The highest BCUT2D eigenvalue weighted by Gasteiger charge is 2.32. The third-order valence-electron chi connectivity index (χ3n) is 4.87. The molecule has 29 heavy (non-hydrogen) atoms. The monoisotopic (exact) mass is 425 g/mol. The Kier molecular flexibility index (Phi) is 7.09. The van der Waals surface area contributed by atoms with Crippen molar-refractivity contribution in [3.8, 4) is 5.75 Å². The summed E-state index contributed by atoms with van der Waals surface area (Å²) in [6.07, 6.45) is 2.34. The second-order valence-electron chi connectivity index (χ2n) is 6.91. The molecule has 1 saturated heterocycles. The molecular formula is C19H27N3O6S. The molecule has 1 N–H and O–H groups in total. The number of anilines is 1. The Hall–Kier alpha value is -2.17. The molecule has 0 aromatic heterocycles. The second-order valence-corrected chi connectivity index (χ2v) is 8.85. The average molecular weight is 426 g/mol. The maximum absolute atomic E-state index is 12.8. The quantitative estimate of drug-likeness (QED) is 0.585. The van der Waals surface area contributed by atoms with E-state index in [1.165, 1.54) is 27.4 Å².